The predicted octanol–water partition coefficient (Wildman–Crippen LogP) is 5.56. The number of hydrogen-bond acceptors (Lipinski definition) is 1. The van der Waals surface area contributed by atoms with Gasteiger partial charge in [-0.2, -0.15) is 5.26 Å². The number of nitrogens with zero attached hydrogens (tertiary/aromatic N) is 1. The monoisotopic (exact) mass is 289 g/mol. The van der Waals surface area contributed by atoms with E-state index in [1.807, 2.05) is 66.7 Å². The van der Waals surface area contributed by atoms with E-state index < -0.39 is 0 Å². The summed E-state index contributed by atoms with van der Waals surface area (Å²) in [5, 5.41) is 12.4. The maximum atomic E-state index is 9.43. The Kier molecular flexibility index (Phi) is 3.73. The van der Waals surface area contributed by atoms with Crippen LogP contribution in [0.15, 0.2) is 66.7 Å². The molecule has 0 bridgehead atoms. The second-order valence-corrected chi connectivity index (χ2v) is 5.22. The van der Waals surface area contributed by atoms with E-state index in [4.69, 9.17) is 11.6 Å². The van der Waals surface area contributed by atoms with E-state index in [0.717, 1.165) is 16.5 Å². The molecule has 0 aromatic heterocycles. The van der Waals surface area contributed by atoms with Crippen molar-refractivity contribution in [3.05, 3.63) is 82.9 Å². The van der Waals surface area contributed by atoms with Gasteiger partial charge in [0.2, 0.25) is 0 Å². The fraction of sp³-hybridized carbons (Fsp3) is 0. The molecule has 100 valence electrons. The van der Waals surface area contributed by atoms with Crippen LogP contribution in [0.5, 0.6) is 0 Å². The van der Waals surface area contributed by atoms with Gasteiger partial charge in [0.15, 0.2) is 0 Å². The largest absolute Gasteiger partial charge is 0.192 e. The van der Waals surface area contributed by atoms with E-state index in [9.17, 15) is 5.26 Å². The third-order valence-electron chi connectivity index (χ3n) is 3.34. The number of nitriles is 1. The van der Waals surface area contributed by atoms with Crippen molar-refractivity contribution in [2.24, 2.45) is 0 Å². The molecule has 2 heteroatoms. The Balaban J connectivity index is 2.08. The normalized spacial score (nSPS) is 11.3. The summed E-state index contributed by atoms with van der Waals surface area (Å²) in [5.41, 5.74) is 2.46. The Bertz CT molecular complexity index is 872. The zero-order valence-corrected chi connectivity index (χ0v) is 12.0. The minimum atomic E-state index is 0.628. The van der Waals surface area contributed by atoms with E-state index in [0.29, 0.717) is 10.6 Å². The molecule has 0 spiro atoms. The molecule has 0 unspecified atom stereocenters. The maximum absolute atomic E-state index is 9.43. The van der Waals surface area contributed by atoms with Crippen molar-refractivity contribution in [1.29, 1.82) is 5.26 Å². The molecule has 3 aromatic carbocycles. The first-order valence-electron chi connectivity index (χ1n) is 6.63. The van der Waals surface area contributed by atoms with Gasteiger partial charge in [-0.1, -0.05) is 60.1 Å². The summed E-state index contributed by atoms with van der Waals surface area (Å²) in [5.74, 6) is 0. The SMILES string of the molecule is N#C/C(=C/c1cccc(Cl)c1)c1ccc2ccccc2c1. The summed E-state index contributed by atoms with van der Waals surface area (Å²) in [7, 11) is 0. The lowest BCUT2D eigenvalue weighted by Gasteiger charge is -2.03. The Morgan fingerprint density at radius 2 is 1.71 bits per heavy atom. The summed E-state index contributed by atoms with van der Waals surface area (Å²) in [6.07, 6.45) is 1.86. The summed E-state index contributed by atoms with van der Waals surface area (Å²) in [4.78, 5) is 0. The molecule has 0 saturated carbocycles. The Morgan fingerprint density at radius 1 is 0.905 bits per heavy atom. The summed E-state index contributed by atoms with van der Waals surface area (Å²) in [6.45, 7) is 0. The average Bonchev–Trinajstić information content (AvgIpc) is 2.52. The van der Waals surface area contributed by atoms with Crippen LogP contribution >= 0.6 is 11.6 Å². The molecule has 0 radical (unpaired) electrons. The Hall–Kier alpha value is -2.56. The van der Waals surface area contributed by atoms with E-state index in [1.165, 1.54) is 5.39 Å². The standard InChI is InChI=1S/C19H12ClN/c20-19-7-3-4-14(11-19)10-18(13-21)17-9-8-15-5-1-2-6-16(15)12-17/h1-12H/b18-10-. The highest BCUT2D eigenvalue weighted by Crippen LogP contribution is 2.23. The molecule has 0 aliphatic heterocycles. The van der Waals surface area contributed by atoms with Crippen molar-refractivity contribution in [2.45, 2.75) is 0 Å². The Labute approximate surface area is 128 Å². The van der Waals surface area contributed by atoms with Gasteiger partial charge in [-0.3, -0.25) is 0 Å². The van der Waals surface area contributed by atoms with Gasteiger partial charge in [-0.05, 0) is 46.2 Å². The predicted molar refractivity (Wildman–Crippen MR) is 88.9 cm³/mol. The van der Waals surface area contributed by atoms with Crippen LogP contribution in [0.4, 0.5) is 0 Å². The van der Waals surface area contributed by atoms with Gasteiger partial charge in [0.25, 0.3) is 0 Å². The van der Waals surface area contributed by atoms with Crippen LogP contribution in [0.25, 0.3) is 22.4 Å². The molecule has 0 saturated heterocycles. The molecule has 0 aliphatic carbocycles. The summed E-state index contributed by atoms with van der Waals surface area (Å²) < 4.78 is 0. The molecular weight excluding hydrogens is 278 g/mol. The highest BCUT2D eigenvalue weighted by Gasteiger charge is 2.03. The van der Waals surface area contributed by atoms with Crippen LogP contribution in [0.1, 0.15) is 11.1 Å². The van der Waals surface area contributed by atoms with E-state index in [1.54, 1.807) is 0 Å². The van der Waals surface area contributed by atoms with Crippen LogP contribution in [-0.4, -0.2) is 0 Å². The number of allylic oxidation sites excluding steroid dienone is 1. The number of benzene rings is 3. The van der Waals surface area contributed by atoms with Gasteiger partial charge >= 0.3 is 0 Å². The van der Waals surface area contributed by atoms with E-state index in [2.05, 4.69) is 12.1 Å². The van der Waals surface area contributed by atoms with Gasteiger partial charge in [0.1, 0.15) is 0 Å². The quantitative estimate of drug-likeness (QED) is 0.448. The van der Waals surface area contributed by atoms with Gasteiger partial charge in [0.05, 0.1) is 11.6 Å². The van der Waals surface area contributed by atoms with Gasteiger partial charge in [0, 0.05) is 5.02 Å². The van der Waals surface area contributed by atoms with Crippen LogP contribution in [-0.2, 0) is 0 Å². The van der Waals surface area contributed by atoms with Crippen LogP contribution in [0.3, 0.4) is 0 Å². The zero-order chi connectivity index (χ0) is 14.7. The first kappa shape index (κ1) is 13.4. The minimum absolute atomic E-state index is 0.628. The smallest absolute Gasteiger partial charge is 0.0998 e. The van der Waals surface area contributed by atoms with Crippen molar-refractivity contribution in [3.63, 3.8) is 0 Å². The molecule has 21 heavy (non-hydrogen) atoms. The van der Waals surface area contributed by atoms with Crippen molar-refractivity contribution < 1.29 is 0 Å². The highest BCUT2D eigenvalue weighted by molar-refractivity contribution is 6.30. The molecule has 0 fully saturated rings. The zero-order valence-electron chi connectivity index (χ0n) is 11.3. The van der Waals surface area contributed by atoms with Crippen molar-refractivity contribution in [2.75, 3.05) is 0 Å². The van der Waals surface area contributed by atoms with Gasteiger partial charge in [-0.25, -0.2) is 0 Å². The van der Waals surface area contributed by atoms with Gasteiger partial charge in [-0.15, -0.1) is 0 Å². The second-order valence-electron chi connectivity index (χ2n) is 4.79. The lowest BCUT2D eigenvalue weighted by atomic mass is 10.0. The molecule has 0 amide bonds. The number of halogens is 1. The molecule has 3 aromatic rings. The second kappa shape index (κ2) is 5.83. The average molecular weight is 290 g/mol. The highest BCUT2D eigenvalue weighted by atomic mass is 35.5. The fourth-order valence-electron chi connectivity index (χ4n) is 2.30. The number of hydrogen-bond donors (Lipinski definition) is 0. The summed E-state index contributed by atoms with van der Waals surface area (Å²) >= 11 is 5.98. The molecule has 0 aliphatic rings. The van der Waals surface area contributed by atoms with Crippen LogP contribution in [0, 0.1) is 11.3 Å². The third kappa shape index (κ3) is 2.97. The lowest BCUT2D eigenvalue weighted by Crippen LogP contribution is -1.83. The minimum Gasteiger partial charge on any atom is -0.192 e. The van der Waals surface area contributed by atoms with Crippen LogP contribution < -0.4 is 0 Å². The van der Waals surface area contributed by atoms with Crippen molar-refractivity contribution in [1.82, 2.24) is 0 Å². The molecule has 0 atom stereocenters. The molecular formula is C19H12ClN. The van der Waals surface area contributed by atoms with Crippen molar-refractivity contribution >= 4 is 34.0 Å². The first-order valence-corrected chi connectivity index (χ1v) is 7.00. The topological polar surface area (TPSA) is 23.8 Å². The first-order chi connectivity index (χ1) is 10.3. The van der Waals surface area contributed by atoms with Crippen molar-refractivity contribution in [3.8, 4) is 6.07 Å². The fourth-order valence-corrected chi connectivity index (χ4v) is 2.50. The molecule has 3 rings (SSSR count). The lowest BCUT2D eigenvalue weighted by molar-refractivity contribution is 1.53. The number of rotatable bonds is 2. The van der Waals surface area contributed by atoms with Gasteiger partial charge < -0.3 is 0 Å². The molecule has 0 N–H and O–H groups in total. The Morgan fingerprint density at radius 3 is 2.48 bits per heavy atom. The maximum Gasteiger partial charge on any atom is 0.0998 e. The number of fused-ring (bicyclic) bond motifs is 1. The summed E-state index contributed by atoms with van der Waals surface area (Å²) in [6, 6.07) is 23.9. The molecule has 1 nitrogen and oxygen atoms in total. The van der Waals surface area contributed by atoms with E-state index in [-0.39, 0.29) is 0 Å². The van der Waals surface area contributed by atoms with E-state index >= 15 is 0 Å². The molecule has 0 heterocycles. The van der Waals surface area contributed by atoms with Crippen LogP contribution in [0.2, 0.25) is 5.02 Å². The third-order valence-corrected chi connectivity index (χ3v) is 3.58.